The first kappa shape index (κ1) is 14.5. The first-order valence-corrected chi connectivity index (χ1v) is 6.74. The van der Waals surface area contributed by atoms with Gasteiger partial charge in [0.1, 0.15) is 0 Å². The summed E-state index contributed by atoms with van der Waals surface area (Å²) in [4.78, 5) is 25.0. The van der Waals surface area contributed by atoms with Crippen molar-refractivity contribution >= 4 is 11.9 Å². The number of hydrogen-bond donors (Lipinski definition) is 2. The monoisotopic (exact) mass is 276 g/mol. The van der Waals surface area contributed by atoms with E-state index in [1.165, 1.54) is 0 Å². The number of amides is 1. The highest BCUT2D eigenvalue weighted by atomic mass is 16.4. The Labute approximate surface area is 118 Å². The molecule has 1 heterocycles. The predicted molar refractivity (Wildman–Crippen MR) is 75.1 cm³/mol. The van der Waals surface area contributed by atoms with Crippen LogP contribution in [0.4, 0.5) is 0 Å². The Morgan fingerprint density at radius 2 is 2.05 bits per heavy atom. The van der Waals surface area contributed by atoms with Crippen molar-refractivity contribution < 1.29 is 14.7 Å². The molecule has 2 atom stereocenters. The average molecular weight is 276 g/mol. The van der Waals surface area contributed by atoms with Crippen molar-refractivity contribution in [1.29, 1.82) is 0 Å². The topological polar surface area (TPSA) is 83.6 Å². The number of nitrogens with two attached hydrogens (primary N) is 1. The zero-order chi connectivity index (χ0) is 14.8. The van der Waals surface area contributed by atoms with Crippen molar-refractivity contribution in [2.45, 2.75) is 25.8 Å². The number of benzene rings is 1. The summed E-state index contributed by atoms with van der Waals surface area (Å²) >= 11 is 0. The second-order valence-electron chi connectivity index (χ2n) is 5.67. The Bertz CT molecular complexity index is 503. The van der Waals surface area contributed by atoms with Crippen LogP contribution in [0.25, 0.3) is 0 Å². The van der Waals surface area contributed by atoms with Crippen molar-refractivity contribution in [3.63, 3.8) is 0 Å². The molecular formula is C15H20N2O3. The van der Waals surface area contributed by atoms with E-state index in [2.05, 4.69) is 0 Å². The molecule has 0 aliphatic carbocycles. The number of carboxylic acids is 1. The quantitative estimate of drug-likeness (QED) is 0.855. The molecule has 0 bridgehead atoms. The SMILES string of the molecule is CC1(C(=O)O)CCN(C(=O)C(N)Cc2ccccc2)C1. The van der Waals surface area contributed by atoms with Crippen molar-refractivity contribution in [3.05, 3.63) is 35.9 Å². The second-order valence-corrected chi connectivity index (χ2v) is 5.67. The maximum atomic E-state index is 12.3. The van der Waals surface area contributed by atoms with Gasteiger partial charge >= 0.3 is 5.97 Å². The van der Waals surface area contributed by atoms with Gasteiger partial charge in [-0.15, -0.1) is 0 Å². The van der Waals surface area contributed by atoms with Gasteiger partial charge in [-0.3, -0.25) is 9.59 Å². The Morgan fingerprint density at radius 1 is 1.40 bits per heavy atom. The lowest BCUT2D eigenvalue weighted by Gasteiger charge is -2.23. The molecule has 1 saturated heterocycles. The van der Waals surface area contributed by atoms with Crippen molar-refractivity contribution in [3.8, 4) is 0 Å². The molecule has 108 valence electrons. The van der Waals surface area contributed by atoms with Crippen molar-refractivity contribution in [2.75, 3.05) is 13.1 Å². The van der Waals surface area contributed by atoms with Crippen LogP contribution in [0, 0.1) is 5.41 Å². The van der Waals surface area contributed by atoms with E-state index >= 15 is 0 Å². The third-order valence-corrected chi connectivity index (χ3v) is 3.92. The summed E-state index contributed by atoms with van der Waals surface area (Å²) < 4.78 is 0. The van der Waals surface area contributed by atoms with E-state index in [0.717, 1.165) is 5.56 Å². The average Bonchev–Trinajstić information content (AvgIpc) is 2.83. The lowest BCUT2D eigenvalue weighted by Crippen LogP contribution is -2.45. The number of likely N-dealkylation sites (tertiary alicyclic amines) is 1. The number of hydrogen-bond acceptors (Lipinski definition) is 3. The molecule has 2 unspecified atom stereocenters. The van der Waals surface area contributed by atoms with E-state index in [4.69, 9.17) is 5.73 Å². The lowest BCUT2D eigenvalue weighted by atomic mass is 9.90. The number of nitrogens with zero attached hydrogens (tertiary/aromatic N) is 1. The molecule has 5 heteroatoms. The minimum absolute atomic E-state index is 0.168. The number of carbonyl (C=O) groups excluding carboxylic acids is 1. The molecule has 0 aromatic heterocycles. The van der Waals surface area contributed by atoms with Crippen molar-refractivity contribution in [1.82, 2.24) is 4.90 Å². The largest absolute Gasteiger partial charge is 0.481 e. The standard InChI is InChI=1S/C15H20N2O3/c1-15(14(19)20)7-8-17(10-15)13(18)12(16)9-11-5-3-2-4-6-11/h2-6,12H,7-10,16H2,1H3,(H,19,20). The fourth-order valence-corrected chi connectivity index (χ4v) is 2.51. The third kappa shape index (κ3) is 2.99. The second kappa shape index (κ2) is 5.63. The number of rotatable bonds is 4. The molecule has 0 radical (unpaired) electrons. The van der Waals surface area contributed by atoms with Crippen LogP contribution < -0.4 is 5.73 Å². The molecule has 1 aliphatic heterocycles. The van der Waals surface area contributed by atoms with Gasteiger partial charge in [0.25, 0.3) is 0 Å². The summed E-state index contributed by atoms with van der Waals surface area (Å²) in [5.74, 6) is -1.02. The number of carbonyl (C=O) groups is 2. The fraction of sp³-hybridized carbons (Fsp3) is 0.467. The Balaban J connectivity index is 1.97. The Morgan fingerprint density at radius 3 is 2.60 bits per heavy atom. The van der Waals surface area contributed by atoms with E-state index in [9.17, 15) is 14.7 Å². The first-order chi connectivity index (χ1) is 9.42. The Hall–Kier alpha value is -1.88. The maximum Gasteiger partial charge on any atom is 0.311 e. The van der Waals surface area contributed by atoms with Crippen LogP contribution in [-0.4, -0.2) is 41.0 Å². The van der Waals surface area contributed by atoms with Crippen LogP contribution in [0.1, 0.15) is 18.9 Å². The van der Waals surface area contributed by atoms with Gasteiger partial charge < -0.3 is 15.7 Å². The highest BCUT2D eigenvalue weighted by Gasteiger charge is 2.42. The molecular weight excluding hydrogens is 256 g/mol. The smallest absolute Gasteiger partial charge is 0.311 e. The highest BCUT2D eigenvalue weighted by molar-refractivity contribution is 5.84. The maximum absolute atomic E-state index is 12.3. The van der Waals surface area contributed by atoms with Crippen LogP contribution in [0.3, 0.4) is 0 Å². The summed E-state index contributed by atoms with van der Waals surface area (Å²) in [5.41, 5.74) is 6.12. The van der Waals surface area contributed by atoms with Crippen molar-refractivity contribution in [2.24, 2.45) is 11.1 Å². The van der Waals surface area contributed by atoms with Crippen LogP contribution >= 0.6 is 0 Å². The van der Waals surface area contributed by atoms with Gasteiger partial charge in [-0.1, -0.05) is 30.3 Å². The molecule has 1 amide bonds. The van der Waals surface area contributed by atoms with Gasteiger partial charge in [-0.05, 0) is 25.3 Å². The van der Waals surface area contributed by atoms with E-state index in [1.54, 1.807) is 11.8 Å². The van der Waals surface area contributed by atoms with Gasteiger partial charge in [0, 0.05) is 13.1 Å². The Kier molecular flexibility index (Phi) is 4.09. The molecule has 2 rings (SSSR count). The van der Waals surface area contributed by atoms with E-state index < -0.39 is 17.4 Å². The van der Waals surface area contributed by atoms with E-state index in [1.807, 2.05) is 30.3 Å². The van der Waals surface area contributed by atoms with Crippen LogP contribution in [0.2, 0.25) is 0 Å². The summed E-state index contributed by atoms with van der Waals surface area (Å²) in [6.07, 6.45) is 0.950. The van der Waals surface area contributed by atoms with Gasteiger partial charge in [0.15, 0.2) is 0 Å². The van der Waals surface area contributed by atoms with Gasteiger partial charge in [-0.2, -0.15) is 0 Å². The molecule has 20 heavy (non-hydrogen) atoms. The van der Waals surface area contributed by atoms with Crippen LogP contribution in [0.15, 0.2) is 30.3 Å². The van der Waals surface area contributed by atoms with Gasteiger partial charge in [0.2, 0.25) is 5.91 Å². The molecule has 0 spiro atoms. The normalized spacial score (nSPS) is 23.6. The minimum Gasteiger partial charge on any atom is -0.481 e. The zero-order valence-electron chi connectivity index (χ0n) is 11.6. The summed E-state index contributed by atoms with van der Waals surface area (Å²) in [6, 6.07) is 8.97. The number of carboxylic acid groups (broad SMARTS) is 1. The molecule has 3 N–H and O–H groups in total. The molecule has 5 nitrogen and oxygen atoms in total. The third-order valence-electron chi connectivity index (χ3n) is 3.92. The fourth-order valence-electron chi connectivity index (χ4n) is 2.51. The van der Waals surface area contributed by atoms with Gasteiger partial charge in [0.05, 0.1) is 11.5 Å². The lowest BCUT2D eigenvalue weighted by molar-refractivity contribution is -0.147. The predicted octanol–water partition coefficient (Wildman–Crippen LogP) is 0.880. The molecule has 1 aromatic rings. The molecule has 1 fully saturated rings. The van der Waals surface area contributed by atoms with E-state index in [-0.39, 0.29) is 12.5 Å². The number of aliphatic carboxylic acids is 1. The van der Waals surface area contributed by atoms with E-state index in [0.29, 0.717) is 19.4 Å². The first-order valence-electron chi connectivity index (χ1n) is 6.74. The summed E-state index contributed by atoms with van der Waals surface area (Å²) in [6.45, 7) is 2.37. The highest BCUT2D eigenvalue weighted by Crippen LogP contribution is 2.30. The summed E-state index contributed by atoms with van der Waals surface area (Å²) in [5, 5.41) is 9.18. The minimum atomic E-state index is -0.857. The van der Waals surface area contributed by atoms with Crippen LogP contribution in [-0.2, 0) is 16.0 Å². The molecule has 1 aromatic carbocycles. The van der Waals surface area contributed by atoms with Gasteiger partial charge in [-0.25, -0.2) is 0 Å². The molecule has 1 aliphatic rings. The summed E-state index contributed by atoms with van der Waals surface area (Å²) in [7, 11) is 0. The zero-order valence-corrected chi connectivity index (χ0v) is 11.6. The molecule has 0 saturated carbocycles. The van der Waals surface area contributed by atoms with Crippen LogP contribution in [0.5, 0.6) is 0 Å².